The van der Waals surface area contributed by atoms with Crippen molar-refractivity contribution in [1.29, 1.82) is 0 Å². The standard InChI is InChI=1S/C19H21N3O4S/c1-3-27(25,26)15-10-8-14(9-11-15)20-19(24)21-16-12-13-6-4-5-7-17(13)22(2)18(16)23/h4-11,16H,3,12H2,1-2H3,(H2,20,21,24). The van der Waals surface area contributed by atoms with Crippen LogP contribution in [0.15, 0.2) is 53.4 Å². The van der Waals surface area contributed by atoms with Gasteiger partial charge in [-0.3, -0.25) is 4.79 Å². The molecule has 0 saturated carbocycles. The van der Waals surface area contributed by atoms with Gasteiger partial charge in [0.25, 0.3) is 0 Å². The van der Waals surface area contributed by atoms with Crippen LogP contribution in [0, 0.1) is 0 Å². The Bertz CT molecular complexity index is 971. The Kier molecular flexibility index (Phi) is 5.18. The molecule has 1 heterocycles. The normalized spacial score (nSPS) is 16.6. The predicted octanol–water partition coefficient (Wildman–Crippen LogP) is 2.19. The second-order valence-electron chi connectivity index (χ2n) is 6.31. The van der Waals surface area contributed by atoms with E-state index >= 15 is 0 Å². The average molecular weight is 387 g/mol. The summed E-state index contributed by atoms with van der Waals surface area (Å²) in [6.07, 6.45) is 0.417. The lowest BCUT2D eigenvalue weighted by molar-refractivity contribution is -0.120. The summed E-state index contributed by atoms with van der Waals surface area (Å²) in [6.45, 7) is 1.57. The molecular weight excluding hydrogens is 366 g/mol. The van der Waals surface area contributed by atoms with E-state index in [1.807, 2.05) is 24.3 Å². The Labute approximate surface area is 158 Å². The number of anilines is 2. The van der Waals surface area contributed by atoms with Crippen molar-refractivity contribution in [2.75, 3.05) is 23.0 Å². The molecule has 0 spiro atoms. The van der Waals surface area contributed by atoms with E-state index in [1.165, 1.54) is 29.2 Å². The van der Waals surface area contributed by atoms with E-state index in [9.17, 15) is 18.0 Å². The highest BCUT2D eigenvalue weighted by molar-refractivity contribution is 7.91. The van der Waals surface area contributed by atoms with Gasteiger partial charge >= 0.3 is 6.03 Å². The van der Waals surface area contributed by atoms with Gasteiger partial charge in [0.2, 0.25) is 5.91 Å². The fourth-order valence-electron chi connectivity index (χ4n) is 3.02. The molecule has 1 aliphatic rings. The second kappa shape index (κ2) is 7.40. The van der Waals surface area contributed by atoms with Crippen LogP contribution in [0.4, 0.5) is 16.2 Å². The van der Waals surface area contributed by atoms with Gasteiger partial charge in [-0.15, -0.1) is 0 Å². The molecule has 0 aromatic heterocycles. The Morgan fingerprint density at radius 3 is 2.48 bits per heavy atom. The van der Waals surface area contributed by atoms with Gasteiger partial charge in [0.05, 0.1) is 10.6 Å². The first-order valence-electron chi connectivity index (χ1n) is 8.57. The Hall–Kier alpha value is -2.87. The molecule has 0 radical (unpaired) electrons. The fraction of sp³-hybridized carbons (Fsp3) is 0.263. The van der Waals surface area contributed by atoms with E-state index in [0.717, 1.165) is 11.3 Å². The highest BCUT2D eigenvalue weighted by atomic mass is 32.2. The van der Waals surface area contributed by atoms with Crippen molar-refractivity contribution in [3.63, 3.8) is 0 Å². The number of likely N-dealkylation sites (N-methyl/N-ethyl adjacent to an activating group) is 1. The predicted molar refractivity (Wildman–Crippen MR) is 104 cm³/mol. The number of carbonyl (C=O) groups is 2. The highest BCUT2D eigenvalue weighted by Crippen LogP contribution is 2.26. The van der Waals surface area contributed by atoms with Crippen molar-refractivity contribution >= 4 is 33.2 Å². The molecule has 2 aromatic carbocycles. The lowest BCUT2D eigenvalue weighted by atomic mass is 9.98. The number of benzene rings is 2. The SMILES string of the molecule is CCS(=O)(=O)c1ccc(NC(=O)NC2Cc3ccccc3N(C)C2=O)cc1. The number of carbonyl (C=O) groups excluding carboxylic acids is 2. The molecule has 0 fully saturated rings. The third-order valence-electron chi connectivity index (χ3n) is 4.56. The number of rotatable bonds is 4. The number of sulfone groups is 1. The maximum absolute atomic E-state index is 12.5. The highest BCUT2D eigenvalue weighted by Gasteiger charge is 2.31. The third kappa shape index (κ3) is 3.95. The lowest BCUT2D eigenvalue weighted by Gasteiger charge is -2.31. The first kappa shape index (κ1) is 18.9. The van der Waals surface area contributed by atoms with Gasteiger partial charge in [-0.1, -0.05) is 25.1 Å². The van der Waals surface area contributed by atoms with Gasteiger partial charge in [-0.25, -0.2) is 13.2 Å². The van der Waals surface area contributed by atoms with Gasteiger partial charge in [-0.2, -0.15) is 0 Å². The first-order valence-corrected chi connectivity index (χ1v) is 10.2. The molecule has 142 valence electrons. The summed E-state index contributed by atoms with van der Waals surface area (Å²) in [7, 11) is -1.61. The number of fused-ring (bicyclic) bond motifs is 1. The summed E-state index contributed by atoms with van der Waals surface area (Å²) in [5, 5.41) is 5.31. The van der Waals surface area contributed by atoms with Crippen LogP contribution in [0.25, 0.3) is 0 Å². The molecule has 0 saturated heterocycles. The molecule has 3 amide bonds. The minimum atomic E-state index is -3.29. The second-order valence-corrected chi connectivity index (χ2v) is 8.59. The van der Waals surface area contributed by atoms with Crippen LogP contribution in [0.5, 0.6) is 0 Å². The number of amides is 3. The number of para-hydroxylation sites is 1. The molecule has 2 aromatic rings. The van der Waals surface area contributed by atoms with Crippen molar-refractivity contribution in [2.45, 2.75) is 24.3 Å². The molecule has 0 aliphatic carbocycles. The van der Waals surface area contributed by atoms with Crippen molar-refractivity contribution in [3.8, 4) is 0 Å². The molecule has 3 rings (SSSR count). The van der Waals surface area contributed by atoms with Gasteiger partial charge in [0.1, 0.15) is 6.04 Å². The summed E-state index contributed by atoms with van der Waals surface area (Å²) in [5.41, 5.74) is 2.27. The molecule has 27 heavy (non-hydrogen) atoms. The number of hydrogen-bond donors (Lipinski definition) is 2. The topological polar surface area (TPSA) is 95.6 Å². The van der Waals surface area contributed by atoms with E-state index in [2.05, 4.69) is 10.6 Å². The van der Waals surface area contributed by atoms with Crippen molar-refractivity contribution in [1.82, 2.24) is 5.32 Å². The van der Waals surface area contributed by atoms with Crippen molar-refractivity contribution in [3.05, 3.63) is 54.1 Å². The minimum Gasteiger partial charge on any atom is -0.326 e. The molecular formula is C19H21N3O4S. The van der Waals surface area contributed by atoms with Crippen LogP contribution in [-0.2, 0) is 21.1 Å². The number of hydrogen-bond acceptors (Lipinski definition) is 4. The third-order valence-corrected chi connectivity index (χ3v) is 6.31. The first-order chi connectivity index (χ1) is 12.8. The Balaban J connectivity index is 1.67. The van der Waals surface area contributed by atoms with Crippen LogP contribution in [-0.4, -0.2) is 39.2 Å². The molecule has 1 aliphatic heterocycles. The molecule has 1 unspecified atom stereocenters. The van der Waals surface area contributed by atoms with E-state index < -0.39 is 21.9 Å². The monoisotopic (exact) mass is 387 g/mol. The summed E-state index contributed by atoms with van der Waals surface area (Å²) >= 11 is 0. The zero-order chi connectivity index (χ0) is 19.6. The maximum Gasteiger partial charge on any atom is 0.319 e. The average Bonchev–Trinajstić information content (AvgIpc) is 2.66. The molecule has 0 bridgehead atoms. The van der Waals surface area contributed by atoms with Gasteiger partial charge in [-0.05, 0) is 35.9 Å². The van der Waals surface area contributed by atoms with Crippen LogP contribution in [0.1, 0.15) is 12.5 Å². The van der Waals surface area contributed by atoms with Crippen LogP contribution >= 0.6 is 0 Å². The van der Waals surface area contributed by atoms with E-state index in [-0.39, 0.29) is 16.6 Å². The Morgan fingerprint density at radius 1 is 1.15 bits per heavy atom. The summed E-state index contributed by atoms with van der Waals surface area (Å²) in [4.78, 5) is 26.5. The molecule has 2 N–H and O–H groups in total. The van der Waals surface area contributed by atoms with Gasteiger partial charge < -0.3 is 15.5 Å². The number of nitrogens with one attached hydrogen (secondary N) is 2. The number of urea groups is 1. The van der Waals surface area contributed by atoms with E-state index in [0.29, 0.717) is 12.1 Å². The fourth-order valence-corrected chi connectivity index (χ4v) is 3.90. The van der Waals surface area contributed by atoms with Crippen molar-refractivity contribution < 1.29 is 18.0 Å². The summed E-state index contributed by atoms with van der Waals surface area (Å²) in [5.74, 6) is -0.174. The smallest absolute Gasteiger partial charge is 0.319 e. The largest absolute Gasteiger partial charge is 0.326 e. The Morgan fingerprint density at radius 2 is 1.81 bits per heavy atom. The van der Waals surface area contributed by atoms with Crippen LogP contribution in [0.3, 0.4) is 0 Å². The summed E-state index contributed by atoms with van der Waals surface area (Å²) < 4.78 is 23.6. The maximum atomic E-state index is 12.5. The molecule has 8 heteroatoms. The van der Waals surface area contributed by atoms with Crippen LogP contribution < -0.4 is 15.5 Å². The zero-order valence-electron chi connectivity index (χ0n) is 15.1. The van der Waals surface area contributed by atoms with E-state index in [4.69, 9.17) is 0 Å². The molecule has 1 atom stereocenters. The van der Waals surface area contributed by atoms with Gasteiger partial charge in [0, 0.05) is 24.8 Å². The lowest BCUT2D eigenvalue weighted by Crippen LogP contribution is -2.52. The van der Waals surface area contributed by atoms with Crippen LogP contribution in [0.2, 0.25) is 0 Å². The van der Waals surface area contributed by atoms with Gasteiger partial charge in [0.15, 0.2) is 9.84 Å². The minimum absolute atomic E-state index is 0.0129. The van der Waals surface area contributed by atoms with E-state index in [1.54, 1.807) is 14.0 Å². The quantitative estimate of drug-likeness (QED) is 0.841. The van der Waals surface area contributed by atoms with Crippen molar-refractivity contribution in [2.24, 2.45) is 0 Å². The molecule has 7 nitrogen and oxygen atoms in total. The number of nitrogens with zero attached hydrogens (tertiary/aromatic N) is 1. The zero-order valence-corrected chi connectivity index (χ0v) is 15.9. The summed E-state index contributed by atoms with van der Waals surface area (Å²) in [6, 6.07) is 12.3.